The van der Waals surface area contributed by atoms with E-state index in [0.717, 1.165) is 16.8 Å². The van der Waals surface area contributed by atoms with Crippen LogP contribution in [0.25, 0.3) is 28.2 Å². The van der Waals surface area contributed by atoms with Gasteiger partial charge in [0.1, 0.15) is 11.4 Å². The molecule has 0 radical (unpaired) electrons. The number of hydrogen-bond donors (Lipinski definition) is 1. The third-order valence-corrected chi connectivity index (χ3v) is 4.37. The van der Waals surface area contributed by atoms with Crippen molar-refractivity contribution in [1.82, 2.24) is 24.4 Å². The van der Waals surface area contributed by atoms with Crippen molar-refractivity contribution in [1.29, 1.82) is 0 Å². The summed E-state index contributed by atoms with van der Waals surface area (Å²) in [5, 5.41) is 8.86. The zero-order valence-electron chi connectivity index (χ0n) is 13.5. The Morgan fingerprint density at radius 2 is 2.04 bits per heavy atom. The monoisotopic (exact) mass is 355 g/mol. The Morgan fingerprint density at radius 3 is 2.76 bits per heavy atom. The standard InChI is InChI=1S/C17H14ClN5O2/c1-22-14(5-6-19-22)11-9-20-23-16(24)8-13(21-17(11)23)10-3-4-12(18)15(7-10)25-2/h3-9,21H,1-2H3. The van der Waals surface area contributed by atoms with E-state index in [4.69, 9.17) is 16.3 Å². The van der Waals surface area contributed by atoms with Gasteiger partial charge in [-0.3, -0.25) is 9.48 Å². The number of benzene rings is 1. The molecule has 1 N–H and O–H groups in total. The lowest BCUT2D eigenvalue weighted by Gasteiger charge is -2.08. The molecule has 3 aromatic heterocycles. The number of fused-ring (bicyclic) bond motifs is 1. The highest BCUT2D eigenvalue weighted by atomic mass is 35.5. The number of aromatic amines is 1. The molecule has 4 aromatic rings. The van der Waals surface area contributed by atoms with Crippen molar-refractivity contribution in [2.75, 3.05) is 7.11 Å². The first-order valence-corrected chi connectivity index (χ1v) is 7.89. The van der Waals surface area contributed by atoms with Crippen molar-refractivity contribution in [2.24, 2.45) is 7.05 Å². The zero-order chi connectivity index (χ0) is 17.6. The summed E-state index contributed by atoms with van der Waals surface area (Å²) in [7, 11) is 3.39. The lowest BCUT2D eigenvalue weighted by atomic mass is 10.1. The molecule has 0 atom stereocenters. The first kappa shape index (κ1) is 15.5. The summed E-state index contributed by atoms with van der Waals surface area (Å²) in [5.41, 5.74) is 3.46. The smallest absolute Gasteiger partial charge is 0.274 e. The number of hydrogen-bond acceptors (Lipinski definition) is 4. The molecule has 0 aliphatic carbocycles. The van der Waals surface area contributed by atoms with Crippen molar-refractivity contribution in [3.05, 3.63) is 58.1 Å². The summed E-state index contributed by atoms with van der Waals surface area (Å²) in [5.74, 6) is 0.542. The maximum Gasteiger partial charge on any atom is 0.274 e. The molecule has 4 rings (SSSR count). The van der Waals surface area contributed by atoms with E-state index in [0.29, 0.717) is 22.1 Å². The summed E-state index contributed by atoms with van der Waals surface area (Å²) in [6.07, 6.45) is 3.35. The van der Waals surface area contributed by atoms with E-state index in [-0.39, 0.29) is 5.56 Å². The Labute approximate surface area is 147 Å². The normalized spacial score (nSPS) is 11.2. The van der Waals surface area contributed by atoms with Gasteiger partial charge in [-0.2, -0.15) is 14.7 Å². The number of H-pyrrole nitrogens is 1. The van der Waals surface area contributed by atoms with Gasteiger partial charge in [0.2, 0.25) is 0 Å². The van der Waals surface area contributed by atoms with Crippen LogP contribution in [0.3, 0.4) is 0 Å². The number of halogens is 1. The van der Waals surface area contributed by atoms with Crippen LogP contribution in [0, 0.1) is 0 Å². The van der Waals surface area contributed by atoms with Crippen molar-refractivity contribution < 1.29 is 4.74 Å². The number of aromatic nitrogens is 5. The van der Waals surface area contributed by atoms with E-state index in [1.54, 1.807) is 36.3 Å². The van der Waals surface area contributed by atoms with Gasteiger partial charge in [-0.05, 0) is 18.2 Å². The molecule has 0 fully saturated rings. The molecule has 0 unspecified atom stereocenters. The molecule has 0 spiro atoms. The number of nitrogens with one attached hydrogen (secondary N) is 1. The van der Waals surface area contributed by atoms with Gasteiger partial charge in [-0.25, -0.2) is 0 Å². The average molecular weight is 356 g/mol. The van der Waals surface area contributed by atoms with E-state index < -0.39 is 0 Å². The minimum Gasteiger partial charge on any atom is -0.495 e. The molecule has 126 valence electrons. The molecule has 0 aliphatic heterocycles. The fourth-order valence-corrected chi connectivity index (χ4v) is 2.99. The molecule has 0 bridgehead atoms. The summed E-state index contributed by atoms with van der Waals surface area (Å²) >= 11 is 6.08. The first-order valence-electron chi connectivity index (χ1n) is 7.52. The summed E-state index contributed by atoms with van der Waals surface area (Å²) in [6, 6.07) is 8.70. The molecule has 3 heterocycles. The van der Waals surface area contributed by atoms with E-state index in [9.17, 15) is 4.79 Å². The largest absolute Gasteiger partial charge is 0.495 e. The minimum atomic E-state index is -0.230. The number of ether oxygens (including phenoxy) is 1. The molecule has 0 amide bonds. The van der Waals surface area contributed by atoms with E-state index in [1.165, 1.54) is 10.6 Å². The fraction of sp³-hybridized carbons (Fsp3) is 0.118. The zero-order valence-corrected chi connectivity index (χ0v) is 14.3. The summed E-state index contributed by atoms with van der Waals surface area (Å²) in [4.78, 5) is 15.7. The van der Waals surface area contributed by atoms with E-state index >= 15 is 0 Å². The second-order valence-corrected chi connectivity index (χ2v) is 5.94. The predicted octanol–water partition coefficient (Wildman–Crippen LogP) is 2.75. The van der Waals surface area contributed by atoms with Crippen LogP contribution in [0.2, 0.25) is 5.02 Å². The molecule has 8 heteroatoms. The summed E-state index contributed by atoms with van der Waals surface area (Å²) in [6.45, 7) is 0. The number of rotatable bonds is 3. The Balaban J connectivity index is 1.95. The maximum atomic E-state index is 12.5. The van der Waals surface area contributed by atoms with Crippen LogP contribution in [0.4, 0.5) is 0 Å². The average Bonchev–Trinajstić information content (AvgIpc) is 3.21. The summed E-state index contributed by atoms with van der Waals surface area (Å²) < 4.78 is 8.32. The predicted molar refractivity (Wildman–Crippen MR) is 95.0 cm³/mol. The lowest BCUT2D eigenvalue weighted by molar-refractivity contribution is 0.415. The minimum absolute atomic E-state index is 0.230. The van der Waals surface area contributed by atoms with Gasteiger partial charge in [-0.15, -0.1) is 0 Å². The quantitative estimate of drug-likeness (QED) is 0.613. The highest BCUT2D eigenvalue weighted by molar-refractivity contribution is 6.32. The van der Waals surface area contributed by atoms with Gasteiger partial charge in [0.05, 0.1) is 35.3 Å². The molecule has 0 saturated heterocycles. The SMILES string of the molecule is COc1cc(-c2cc(=O)n3ncc(-c4ccnn4C)c3[nH]2)ccc1Cl. The Bertz CT molecular complexity index is 1140. The van der Waals surface area contributed by atoms with Crippen molar-refractivity contribution >= 4 is 17.2 Å². The highest BCUT2D eigenvalue weighted by Crippen LogP contribution is 2.30. The van der Waals surface area contributed by atoms with Gasteiger partial charge < -0.3 is 9.72 Å². The van der Waals surface area contributed by atoms with Crippen LogP contribution in [0.15, 0.2) is 47.5 Å². The second kappa shape index (κ2) is 5.78. The van der Waals surface area contributed by atoms with Gasteiger partial charge in [-0.1, -0.05) is 17.7 Å². The first-order chi connectivity index (χ1) is 12.1. The highest BCUT2D eigenvalue weighted by Gasteiger charge is 2.14. The molecule has 0 saturated carbocycles. The van der Waals surface area contributed by atoms with Crippen LogP contribution in [0.5, 0.6) is 5.75 Å². The van der Waals surface area contributed by atoms with Gasteiger partial charge in [0, 0.05) is 24.9 Å². The number of aryl methyl sites for hydroxylation is 1. The van der Waals surface area contributed by atoms with Crippen molar-refractivity contribution in [3.8, 4) is 28.3 Å². The molecular formula is C17H14ClN5O2. The lowest BCUT2D eigenvalue weighted by Crippen LogP contribution is -2.14. The Hall–Kier alpha value is -3.06. The van der Waals surface area contributed by atoms with Crippen LogP contribution in [0.1, 0.15) is 0 Å². The molecular weight excluding hydrogens is 342 g/mol. The van der Waals surface area contributed by atoms with Crippen LogP contribution < -0.4 is 10.3 Å². The van der Waals surface area contributed by atoms with E-state index in [2.05, 4.69) is 15.2 Å². The Morgan fingerprint density at radius 1 is 1.20 bits per heavy atom. The molecule has 25 heavy (non-hydrogen) atoms. The molecule has 7 nitrogen and oxygen atoms in total. The molecule has 1 aromatic carbocycles. The van der Waals surface area contributed by atoms with Gasteiger partial charge in [0.25, 0.3) is 5.56 Å². The van der Waals surface area contributed by atoms with E-state index in [1.807, 2.05) is 19.2 Å². The van der Waals surface area contributed by atoms with Gasteiger partial charge >= 0.3 is 0 Å². The van der Waals surface area contributed by atoms with Gasteiger partial charge in [0.15, 0.2) is 0 Å². The topological polar surface area (TPSA) is 77.2 Å². The third-order valence-electron chi connectivity index (χ3n) is 4.06. The molecule has 0 aliphatic rings. The third kappa shape index (κ3) is 2.49. The van der Waals surface area contributed by atoms with Crippen LogP contribution >= 0.6 is 11.6 Å². The maximum absolute atomic E-state index is 12.5. The Kier molecular flexibility index (Phi) is 3.58. The number of methoxy groups -OCH3 is 1. The second-order valence-electron chi connectivity index (χ2n) is 5.53. The van der Waals surface area contributed by atoms with Crippen LogP contribution in [-0.2, 0) is 7.05 Å². The van der Waals surface area contributed by atoms with Crippen molar-refractivity contribution in [3.63, 3.8) is 0 Å². The van der Waals surface area contributed by atoms with Crippen LogP contribution in [-0.4, -0.2) is 31.5 Å². The number of nitrogens with zero attached hydrogens (tertiary/aromatic N) is 4. The van der Waals surface area contributed by atoms with Crippen molar-refractivity contribution in [2.45, 2.75) is 0 Å². The fourth-order valence-electron chi connectivity index (χ4n) is 2.79.